The second-order valence-corrected chi connectivity index (χ2v) is 4.83. The van der Waals surface area contributed by atoms with E-state index in [0.717, 1.165) is 11.3 Å². The van der Waals surface area contributed by atoms with Crippen LogP contribution in [0, 0.1) is 6.92 Å². The van der Waals surface area contributed by atoms with Crippen molar-refractivity contribution in [2.45, 2.75) is 19.5 Å². The first-order chi connectivity index (χ1) is 10.1. The Morgan fingerprint density at radius 1 is 1.19 bits per heavy atom. The number of benzene rings is 1. The molecule has 0 saturated heterocycles. The minimum Gasteiger partial charge on any atom is -0.497 e. The maximum atomic E-state index is 11.9. The van der Waals surface area contributed by atoms with Gasteiger partial charge in [0.05, 0.1) is 20.3 Å². The highest BCUT2D eigenvalue weighted by Gasteiger charge is 2.15. The maximum absolute atomic E-state index is 11.9. The summed E-state index contributed by atoms with van der Waals surface area (Å²) in [7, 11) is 3.20. The Hall–Kier alpha value is -2.27. The van der Waals surface area contributed by atoms with Gasteiger partial charge in [0.25, 0.3) is 5.56 Å². The van der Waals surface area contributed by atoms with Crippen LogP contribution in [0.3, 0.4) is 0 Å². The third kappa shape index (κ3) is 3.25. The van der Waals surface area contributed by atoms with Gasteiger partial charge in [0.2, 0.25) is 0 Å². The molecule has 0 bridgehead atoms. The number of aryl methyl sites for hydroxylation is 1. The monoisotopic (exact) mass is 288 g/mol. The summed E-state index contributed by atoms with van der Waals surface area (Å²) in [6.45, 7) is 2.27. The molecule has 0 aliphatic rings. The van der Waals surface area contributed by atoms with Gasteiger partial charge in [0.15, 0.2) is 0 Å². The van der Waals surface area contributed by atoms with E-state index in [1.807, 2.05) is 31.2 Å². The highest BCUT2D eigenvalue weighted by atomic mass is 16.5. The Bertz CT molecular complexity index is 679. The SMILES string of the molecule is COc1ccc(OC)c(C(N)Cn2c(C)cccc2=O)c1. The minimum absolute atomic E-state index is 0.0627. The lowest BCUT2D eigenvalue weighted by Gasteiger charge is -2.19. The summed E-state index contributed by atoms with van der Waals surface area (Å²) in [5.74, 6) is 1.39. The third-order valence-corrected chi connectivity index (χ3v) is 3.48. The fourth-order valence-electron chi connectivity index (χ4n) is 2.28. The summed E-state index contributed by atoms with van der Waals surface area (Å²) in [5.41, 5.74) is 7.89. The van der Waals surface area contributed by atoms with E-state index >= 15 is 0 Å². The van der Waals surface area contributed by atoms with E-state index in [9.17, 15) is 4.79 Å². The number of ether oxygens (including phenoxy) is 2. The Balaban J connectivity index is 2.36. The van der Waals surface area contributed by atoms with Gasteiger partial charge in [-0.25, -0.2) is 0 Å². The molecule has 1 unspecified atom stereocenters. The predicted molar refractivity (Wildman–Crippen MR) is 81.9 cm³/mol. The average Bonchev–Trinajstić information content (AvgIpc) is 2.50. The molecule has 0 spiro atoms. The van der Waals surface area contributed by atoms with Gasteiger partial charge in [0.1, 0.15) is 11.5 Å². The smallest absolute Gasteiger partial charge is 0.250 e. The van der Waals surface area contributed by atoms with Crippen molar-refractivity contribution in [3.05, 3.63) is 58.0 Å². The summed E-state index contributed by atoms with van der Waals surface area (Å²) in [6.07, 6.45) is 0. The number of hydrogen-bond donors (Lipinski definition) is 1. The first-order valence-electron chi connectivity index (χ1n) is 6.70. The van der Waals surface area contributed by atoms with Gasteiger partial charge in [-0.3, -0.25) is 4.79 Å². The van der Waals surface area contributed by atoms with Gasteiger partial charge in [-0.1, -0.05) is 6.07 Å². The summed E-state index contributed by atoms with van der Waals surface area (Å²) >= 11 is 0. The second-order valence-electron chi connectivity index (χ2n) is 4.83. The van der Waals surface area contributed by atoms with Gasteiger partial charge in [-0.15, -0.1) is 0 Å². The minimum atomic E-state index is -0.367. The van der Waals surface area contributed by atoms with Crippen molar-refractivity contribution in [2.24, 2.45) is 5.73 Å². The van der Waals surface area contributed by atoms with Crippen LogP contribution in [-0.2, 0) is 6.54 Å². The van der Waals surface area contributed by atoms with Crippen LogP contribution in [0.4, 0.5) is 0 Å². The Morgan fingerprint density at radius 3 is 2.57 bits per heavy atom. The van der Waals surface area contributed by atoms with Gasteiger partial charge in [0, 0.05) is 23.9 Å². The third-order valence-electron chi connectivity index (χ3n) is 3.48. The first-order valence-corrected chi connectivity index (χ1v) is 6.70. The number of pyridine rings is 1. The summed E-state index contributed by atoms with van der Waals surface area (Å²) < 4.78 is 12.2. The first kappa shape index (κ1) is 15.1. The molecule has 0 amide bonds. The molecule has 112 valence electrons. The summed E-state index contributed by atoms with van der Waals surface area (Å²) in [5, 5.41) is 0. The Kier molecular flexibility index (Phi) is 4.65. The van der Waals surface area contributed by atoms with Crippen molar-refractivity contribution < 1.29 is 9.47 Å². The molecule has 1 heterocycles. The summed E-state index contributed by atoms with van der Waals surface area (Å²) in [4.78, 5) is 11.9. The molecule has 1 atom stereocenters. The van der Waals surface area contributed by atoms with E-state index in [1.54, 1.807) is 24.9 Å². The molecular formula is C16H20N2O3. The molecule has 2 N–H and O–H groups in total. The van der Waals surface area contributed by atoms with Crippen molar-refractivity contribution in [3.63, 3.8) is 0 Å². The highest BCUT2D eigenvalue weighted by molar-refractivity contribution is 5.42. The molecule has 21 heavy (non-hydrogen) atoms. The molecular weight excluding hydrogens is 268 g/mol. The number of nitrogens with two attached hydrogens (primary N) is 1. The van der Waals surface area contributed by atoms with Crippen LogP contribution >= 0.6 is 0 Å². The van der Waals surface area contributed by atoms with E-state index in [4.69, 9.17) is 15.2 Å². The fourth-order valence-corrected chi connectivity index (χ4v) is 2.28. The largest absolute Gasteiger partial charge is 0.497 e. The molecule has 0 fully saturated rings. The van der Waals surface area contributed by atoms with Crippen LogP contribution in [0.25, 0.3) is 0 Å². The lowest BCUT2D eigenvalue weighted by Crippen LogP contribution is -2.27. The molecule has 1 aromatic heterocycles. The van der Waals surface area contributed by atoms with E-state index in [0.29, 0.717) is 18.0 Å². The van der Waals surface area contributed by atoms with E-state index in [1.165, 1.54) is 6.07 Å². The predicted octanol–water partition coefficient (Wildman–Crippen LogP) is 1.87. The number of aromatic nitrogens is 1. The highest BCUT2D eigenvalue weighted by Crippen LogP contribution is 2.29. The number of rotatable bonds is 5. The van der Waals surface area contributed by atoms with Gasteiger partial charge < -0.3 is 19.8 Å². The lowest BCUT2D eigenvalue weighted by atomic mass is 10.1. The molecule has 1 aromatic carbocycles. The fraction of sp³-hybridized carbons (Fsp3) is 0.312. The van der Waals surface area contributed by atoms with Crippen LogP contribution in [0.15, 0.2) is 41.2 Å². The van der Waals surface area contributed by atoms with Crippen LogP contribution in [0.5, 0.6) is 11.5 Å². The second kappa shape index (κ2) is 6.45. The maximum Gasteiger partial charge on any atom is 0.250 e. The van der Waals surface area contributed by atoms with Crippen LogP contribution in [0.2, 0.25) is 0 Å². The zero-order chi connectivity index (χ0) is 15.4. The van der Waals surface area contributed by atoms with E-state index in [2.05, 4.69) is 0 Å². The zero-order valence-electron chi connectivity index (χ0n) is 12.5. The molecule has 0 saturated carbocycles. The zero-order valence-corrected chi connectivity index (χ0v) is 12.5. The van der Waals surface area contributed by atoms with E-state index < -0.39 is 0 Å². The molecule has 2 aromatic rings. The lowest BCUT2D eigenvalue weighted by molar-refractivity contribution is 0.391. The standard InChI is InChI=1S/C16H20N2O3/c1-11-5-4-6-16(19)18(11)10-14(17)13-9-12(20-2)7-8-15(13)21-3/h4-9,14H,10,17H2,1-3H3. The number of nitrogens with zero attached hydrogens (tertiary/aromatic N) is 1. The summed E-state index contributed by atoms with van der Waals surface area (Å²) in [6, 6.07) is 10.3. The molecule has 0 radical (unpaired) electrons. The normalized spacial score (nSPS) is 12.0. The van der Waals surface area contributed by atoms with Gasteiger partial charge >= 0.3 is 0 Å². The van der Waals surface area contributed by atoms with Gasteiger partial charge in [-0.05, 0) is 31.2 Å². The van der Waals surface area contributed by atoms with Crippen molar-refractivity contribution in [2.75, 3.05) is 14.2 Å². The quantitative estimate of drug-likeness (QED) is 0.912. The average molecular weight is 288 g/mol. The van der Waals surface area contributed by atoms with E-state index in [-0.39, 0.29) is 11.6 Å². The molecule has 5 nitrogen and oxygen atoms in total. The Labute approximate surface area is 123 Å². The number of methoxy groups -OCH3 is 2. The molecule has 0 aliphatic carbocycles. The Morgan fingerprint density at radius 2 is 1.95 bits per heavy atom. The van der Waals surface area contributed by atoms with Crippen molar-refractivity contribution in [1.82, 2.24) is 4.57 Å². The number of hydrogen-bond acceptors (Lipinski definition) is 4. The van der Waals surface area contributed by atoms with Crippen molar-refractivity contribution in [1.29, 1.82) is 0 Å². The van der Waals surface area contributed by atoms with Gasteiger partial charge in [-0.2, -0.15) is 0 Å². The topological polar surface area (TPSA) is 66.5 Å². The molecule has 0 aliphatic heterocycles. The van der Waals surface area contributed by atoms with Crippen LogP contribution in [0.1, 0.15) is 17.3 Å². The van der Waals surface area contributed by atoms with Crippen molar-refractivity contribution in [3.8, 4) is 11.5 Å². The van der Waals surface area contributed by atoms with Crippen molar-refractivity contribution >= 4 is 0 Å². The molecule has 2 rings (SSSR count). The molecule has 5 heteroatoms. The van der Waals surface area contributed by atoms with Crippen LogP contribution in [-0.4, -0.2) is 18.8 Å². The van der Waals surface area contributed by atoms with Crippen LogP contribution < -0.4 is 20.8 Å².